The van der Waals surface area contributed by atoms with Gasteiger partial charge in [-0.2, -0.15) is 0 Å². The Labute approximate surface area is 97.7 Å². The Kier molecular flexibility index (Phi) is 4.00. The molecule has 1 amide bonds. The van der Waals surface area contributed by atoms with Gasteiger partial charge in [0.05, 0.1) is 10.7 Å². The molecule has 1 aromatic rings. The molecule has 6 heteroatoms. The van der Waals surface area contributed by atoms with E-state index in [1.807, 2.05) is 0 Å². The van der Waals surface area contributed by atoms with Crippen LogP contribution in [-0.2, 0) is 9.59 Å². The number of thiazole rings is 1. The summed E-state index contributed by atoms with van der Waals surface area (Å²) in [6.45, 7) is 5.33. The topological polar surface area (TPSA) is 70.5 Å². The summed E-state index contributed by atoms with van der Waals surface area (Å²) in [7, 11) is 0. The third-order valence-corrected chi connectivity index (χ3v) is 2.96. The number of aromatic nitrogens is 1. The minimum Gasteiger partial charge on any atom is -0.479 e. The number of carbonyl (C=O) groups is 2. The van der Waals surface area contributed by atoms with E-state index in [0.29, 0.717) is 12.1 Å². The van der Waals surface area contributed by atoms with Crippen molar-refractivity contribution >= 4 is 23.7 Å². The van der Waals surface area contributed by atoms with E-state index in [-0.39, 0.29) is 6.04 Å². The molecular weight excluding hydrogens is 228 g/mol. The number of aryl methyl sites for hydroxylation is 1. The number of nitrogens with zero attached hydrogens (tertiary/aromatic N) is 2. The van der Waals surface area contributed by atoms with Crippen LogP contribution in [0.4, 0.5) is 0 Å². The molecule has 0 saturated heterocycles. The first kappa shape index (κ1) is 12.6. The van der Waals surface area contributed by atoms with Crippen LogP contribution in [-0.4, -0.2) is 33.4 Å². The van der Waals surface area contributed by atoms with Crippen LogP contribution < -0.4 is 0 Å². The summed E-state index contributed by atoms with van der Waals surface area (Å²) in [5.41, 5.74) is 0.413. The predicted octanol–water partition coefficient (Wildman–Crippen LogP) is 1.44. The van der Waals surface area contributed by atoms with Crippen molar-refractivity contribution in [2.75, 3.05) is 0 Å². The van der Waals surface area contributed by atoms with Gasteiger partial charge in [0, 0.05) is 11.4 Å². The molecule has 0 saturated carbocycles. The summed E-state index contributed by atoms with van der Waals surface area (Å²) in [4.78, 5) is 27.5. The number of carboxylic acids is 1. The molecule has 1 rings (SSSR count). The Hall–Kier alpha value is -1.43. The average Bonchev–Trinajstić information content (AvgIpc) is 2.59. The standard InChI is InChI=1S/C10H14N2O3S/c1-6(2)12(5-13)9(10(14)15)8-4-16-7(3)11-8/h4-6,9H,1-3H3,(H,14,15). The van der Waals surface area contributed by atoms with E-state index in [9.17, 15) is 9.59 Å². The number of aliphatic carboxylic acids is 1. The van der Waals surface area contributed by atoms with E-state index in [4.69, 9.17) is 5.11 Å². The summed E-state index contributed by atoms with van der Waals surface area (Å²) < 4.78 is 0. The average molecular weight is 242 g/mol. The number of hydrogen-bond acceptors (Lipinski definition) is 4. The maximum atomic E-state index is 11.2. The molecule has 88 valence electrons. The lowest BCUT2D eigenvalue weighted by Crippen LogP contribution is -2.38. The zero-order valence-electron chi connectivity index (χ0n) is 9.38. The first-order chi connectivity index (χ1) is 7.47. The van der Waals surface area contributed by atoms with Crippen molar-refractivity contribution in [1.82, 2.24) is 9.88 Å². The normalized spacial score (nSPS) is 12.5. The number of amides is 1. The number of hydrogen-bond donors (Lipinski definition) is 1. The molecule has 1 aromatic heterocycles. The van der Waals surface area contributed by atoms with Gasteiger partial charge in [0.15, 0.2) is 6.04 Å². The van der Waals surface area contributed by atoms with Crippen LogP contribution in [0.5, 0.6) is 0 Å². The Morgan fingerprint density at radius 2 is 2.25 bits per heavy atom. The molecule has 0 aliphatic rings. The highest BCUT2D eigenvalue weighted by Gasteiger charge is 2.30. The number of rotatable bonds is 5. The summed E-state index contributed by atoms with van der Waals surface area (Å²) in [6.07, 6.45) is 0.554. The van der Waals surface area contributed by atoms with Gasteiger partial charge in [0.1, 0.15) is 0 Å². The molecule has 0 bridgehead atoms. The minimum absolute atomic E-state index is 0.180. The van der Waals surface area contributed by atoms with Crippen LogP contribution in [0, 0.1) is 6.92 Å². The largest absolute Gasteiger partial charge is 0.479 e. The quantitative estimate of drug-likeness (QED) is 0.793. The number of carbonyl (C=O) groups excluding carboxylic acids is 1. The van der Waals surface area contributed by atoms with Gasteiger partial charge in [-0.3, -0.25) is 4.79 Å². The van der Waals surface area contributed by atoms with Crippen molar-refractivity contribution < 1.29 is 14.7 Å². The summed E-state index contributed by atoms with van der Waals surface area (Å²) in [6, 6.07) is -1.18. The maximum Gasteiger partial charge on any atom is 0.332 e. The van der Waals surface area contributed by atoms with E-state index in [1.54, 1.807) is 26.2 Å². The first-order valence-corrected chi connectivity index (χ1v) is 5.73. The van der Waals surface area contributed by atoms with Crippen molar-refractivity contribution in [2.45, 2.75) is 32.9 Å². The first-order valence-electron chi connectivity index (χ1n) is 4.85. The SMILES string of the molecule is Cc1nc(C(C(=O)O)N(C=O)C(C)C)cs1. The lowest BCUT2D eigenvalue weighted by molar-refractivity contribution is -0.148. The van der Waals surface area contributed by atoms with Crippen LogP contribution in [0.1, 0.15) is 30.6 Å². The van der Waals surface area contributed by atoms with Gasteiger partial charge in [0.25, 0.3) is 0 Å². The van der Waals surface area contributed by atoms with E-state index < -0.39 is 12.0 Å². The second kappa shape index (κ2) is 5.07. The van der Waals surface area contributed by atoms with Crippen molar-refractivity contribution in [2.24, 2.45) is 0 Å². The lowest BCUT2D eigenvalue weighted by atomic mass is 10.1. The molecular formula is C10H14N2O3S. The molecule has 5 nitrogen and oxygen atoms in total. The van der Waals surface area contributed by atoms with Crippen molar-refractivity contribution in [3.63, 3.8) is 0 Å². The molecule has 1 heterocycles. The van der Waals surface area contributed by atoms with E-state index >= 15 is 0 Å². The number of carboxylic acid groups (broad SMARTS) is 1. The minimum atomic E-state index is -1.06. The van der Waals surface area contributed by atoms with E-state index in [1.165, 1.54) is 16.2 Å². The van der Waals surface area contributed by atoms with Crippen LogP contribution >= 0.6 is 11.3 Å². The second-order valence-corrected chi connectivity index (χ2v) is 4.74. The molecule has 0 fully saturated rings. The van der Waals surface area contributed by atoms with Gasteiger partial charge in [-0.1, -0.05) is 0 Å². The smallest absolute Gasteiger partial charge is 0.332 e. The predicted molar refractivity (Wildman–Crippen MR) is 60.3 cm³/mol. The van der Waals surface area contributed by atoms with Crippen LogP contribution in [0.2, 0.25) is 0 Å². The third-order valence-electron chi connectivity index (χ3n) is 2.17. The third kappa shape index (κ3) is 2.57. The monoisotopic (exact) mass is 242 g/mol. The van der Waals surface area contributed by atoms with Gasteiger partial charge < -0.3 is 10.0 Å². The van der Waals surface area contributed by atoms with Crippen molar-refractivity contribution in [3.8, 4) is 0 Å². The fourth-order valence-corrected chi connectivity index (χ4v) is 2.02. The summed E-state index contributed by atoms with van der Waals surface area (Å²) >= 11 is 1.37. The highest BCUT2D eigenvalue weighted by Crippen LogP contribution is 2.23. The van der Waals surface area contributed by atoms with Crippen LogP contribution in [0.25, 0.3) is 0 Å². The second-order valence-electron chi connectivity index (χ2n) is 3.68. The fourth-order valence-electron chi connectivity index (χ4n) is 1.39. The van der Waals surface area contributed by atoms with E-state index in [2.05, 4.69) is 4.98 Å². The molecule has 16 heavy (non-hydrogen) atoms. The van der Waals surface area contributed by atoms with Crippen molar-refractivity contribution in [1.29, 1.82) is 0 Å². The fraction of sp³-hybridized carbons (Fsp3) is 0.500. The summed E-state index contributed by atoms with van der Waals surface area (Å²) in [5.74, 6) is -1.06. The zero-order chi connectivity index (χ0) is 12.3. The Morgan fingerprint density at radius 3 is 2.56 bits per heavy atom. The Bertz CT molecular complexity index is 389. The molecule has 0 aliphatic heterocycles. The van der Waals surface area contributed by atoms with Gasteiger partial charge in [-0.25, -0.2) is 9.78 Å². The molecule has 0 aliphatic carbocycles. The molecule has 0 aromatic carbocycles. The van der Waals surface area contributed by atoms with Gasteiger partial charge in [-0.15, -0.1) is 11.3 Å². The molecule has 0 radical (unpaired) electrons. The molecule has 1 atom stereocenters. The Morgan fingerprint density at radius 1 is 1.62 bits per heavy atom. The van der Waals surface area contributed by atoms with E-state index in [0.717, 1.165) is 5.01 Å². The summed E-state index contributed by atoms with van der Waals surface area (Å²) in [5, 5.41) is 11.6. The van der Waals surface area contributed by atoms with Crippen LogP contribution in [0.3, 0.4) is 0 Å². The zero-order valence-corrected chi connectivity index (χ0v) is 10.2. The lowest BCUT2D eigenvalue weighted by Gasteiger charge is -2.27. The van der Waals surface area contributed by atoms with Gasteiger partial charge in [-0.05, 0) is 20.8 Å². The maximum absolute atomic E-state index is 11.2. The molecule has 1 unspecified atom stereocenters. The highest BCUT2D eigenvalue weighted by atomic mass is 32.1. The van der Waals surface area contributed by atoms with Gasteiger partial charge in [0.2, 0.25) is 6.41 Å². The molecule has 1 N–H and O–H groups in total. The molecule has 0 spiro atoms. The highest BCUT2D eigenvalue weighted by molar-refractivity contribution is 7.09. The van der Waals surface area contributed by atoms with Gasteiger partial charge >= 0.3 is 5.97 Å². The Balaban J connectivity index is 3.08. The van der Waals surface area contributed by atoms with Crippen LogP contribution in [0.15, 0.2) is 5.38 Å². The van der Waals surface area contributed by atoms with Crippen molar-refractivity contribution in [3.05, 3.63) is 16.1 Å².